The average molecular weight is 372 g/mol. The van der Waals surface area contributed by atoms with Crippen LogP contribution in [0, 0.1) is 5.82 Å². The van der Waals surface area contributed by atoms with Gasteiger partial charge in [-0.15, -0.1) is 0 Å². The van der Waals surface area contributed by atoms with E-state index in [0.717, 1.165) is 0 Å². The number of hydrogen-bond donors (Lipinski definition) is 0. The van der Waals surface area contributed by atoms with E-state index in [1.165, 1.54) is 10.6 Å². The van der Waals surface area contributed by atoms with Gasteiger partial charge < -0.3 is 4.74 Å². The number of nitrogens with zero attached hydrogens (tertiary/aromatic N) is 2. The fourth-order valence-electron chi connectivity index (χ4n) is 3.08. The summed E-state index contributed by atoms with van der Waals surface area (Å²) in [6, 6.07) is 20.8. The van der Waals surface area contributed by atoms with E-state index in [0.29, 0.717) is 33.7 Å². The lowest BCUT2D eigenvalue weighted by molar-refractivity contribution is 0.412. The average Bonchev–Trinajstić information content (AvgIpc) is 2.73. The van der Waals surface area contributed by atoms with Gasteiger partial charge in [-0.1, -0.05) is 42.5 Å². The summed E-state index contributed by atoms with van der Waals surface area (Å²) in [6.07, 6.45) is 3.25. The van der Waals surface area contributed by atoms with Crippen LogP contribution in [0.5, 0.6) is 5.75 Å². The fourth-order valence-corrected chi connectivity index (χ4v) is 3.08. The first-order valence-corrected chi connectivity index (χ1v) is 8.77. The summed E-state index contributed by atoms with van der Waals surface area (Å²) in [4.78, 5) is 17.9. The summed E-state index contributed by atoms with van der Waals surface area (Å²) in [5.74, 6) is 0.587. The molecule has 0 unspecified atom stereocenters. The molecule has 4 rings (SSSR count). The molecule has 0 amide bonds. The van der Waals surface area contributed by atoms with Crippen molar-refractivity contribution in [1.82, 2.24) is 9.55 Å². The molecule has 0 fully saturated rings. The van der Waals surface area contributed by atoms with E-state index in [2.05, 4.69) is 4.98 Å². The highest BCUT2D eigenvalue weighted by atomic mass is 19.1. The molecule has 138 valence electrons. The first kappa shape index (κ1) is 17.7. The molecule has 5 heteroatoms. The van der Waals surface area contributed by atoms with Crippen LogP contribution in [0.25, 0.3) is 28.7 Å². The van der Waals surface area contributed by atoms with Crippen LogP contribution in [0.3, 0.4) is 0 Å². The maximum Gasteiger partial charge on any atom is 0.266 e. The first-order valence-electron chi connectivity index (χ1n) is 8.77. The second kappa shape index (κ2) is 7.48. The van der Waals surface area contributed by atoms with Crippen molar-refractivity contribution in [2.24, 2.45) is 0 Å². The van der Waals surface area contributed by atoms with Gasteiger partial charge in [0.2, 0.25) is 0 Å². The van der Waals surface area contributed by atoms with Crippen LogP contribution in [0.1, 0.15) is 11.4 Å². The SMILES string of the molecule is COc1ccccc1-n1c(/C=C/c2ccccc2F)nc2ccccc2c1=O. The normalized spacial score (nSPS) is 11.2. The molecule has 0 atom stereocenters. The van der Waals surface area contributed by atoms with E-state index in [1.54, 1.807) is 67.8 Å². The Morgan fingerprint density at radius 1 is 0.929 bits per heavy atom. The number of methoxy groups -OCH3 is 1. The second-order valence-electron chi connectivity index (χ2n) is 6.15. The minimum absolute atomic E-state index is 0.219. The lowest BCUT2D eigenvalue weighted by Crippen LogP contribution is -2.22. The predicted octanol–water partition coefficient (Wildman–Crippen LogP) is 4.70. The number of para-hydroxylation sites is 3. The van der Waals surface area contributed by atoms with Crippen molar-refractivity contribution in [3.8, 4) is 11.4 Å². The summed E-state index contributed by atoms with van der Waals surface area (Å²) in [5, 5.41) is 0.497. The molecule has 0 aliphatic carbocycles. The Hall–Kier alpha value is -3.73. The van der Waals surface area contributed by atoms with Gasteiger partial charge in [-0.3, -0.25) is 9.36 Å². The van der Waals surface area contributed by atoms with Crippen LogP contribution in [0.4, 0.5) is 4.39 Å². The third-order valence-corrected chi connectivity index (χ3v) is 4.44. The van der Waals surface area contributed by atoms with Crippen molar-refractivity contribution in [2.45, 2.75) is 0 Å². The Kier molecular flexibility index (Phi) is 4.72. The molecule has 0 bridgehead atoms. The lowest BCUT2D eigenvalue weighted by atomic mass is 10.2. The minimum atomic E-state index is -0.342. The zero-order valence-electron chi connectivity index (χ0n) is 15.2. The number of fused-ring (bicyclic) bond motifs is 1. The van der Waals surface area contributed by atoms with Gasteiger partial charge in [0.05, 0.1) is 23.7 Å². The Balaban J connectivity index is 1.99. The van der Waals surface area contributed by atoms with Crippen LogP contribution < -0.4 is 10.3 Å². The van der Waals surface area contributed by atoms with Crippen LogP contribution in [0.2, 0.25) is 0 Å². The Bertz CT molecular complexity index is 1240. The van der Waals surface area contributed by atoms with Gasteiger partial charge in [0.15, 0.2) is 0 Å². The Morgan fingerprint density at radius 2 is 1.64 bits per heavy atom. The second-order valence-corrected chi connectivity index (χ2v) is 6.15. The third kappa shape index (κ3) is 3.18. The van der Waals surface area contributed by atoms with Gasteiger partial charge in [0.25, 0.3) is 5.56 Å². The molecule has 0 spiro atoms. The Labute approximate surface area is 161 Å². The van der Waals surface area contributed by atoms with Gasteiger partial charge in [-0.2, -0.15) is 0 Å². The number of rotatable bonds is 4. The summed E-state index contributed by atoms with van der Waals surface area (Å²) in [5.41, 5.74) is 1.34. The highest BCUT2D eigenvalue weighted by molar-refractivity contribution is 5.80. The molecule has 0 radical (unpaired) electrons. The van der Waals surface area contributed by atoms with Crippen molar-refractivity contribution in [3.63, 3.8) is 0 Å². The van der Waals surface area contributed by atoms with Gasteiger partial charge >= 0.3 is 0 Å². The fraction of sp³-hybridized carbons (Fsp3) is 0.0435. The molecule has 1 heterocycles. The van der Waals surface area contributed by atoms with Crippen LogP contribution in [0.15, 0.2) is 77.6 Å². The summed E-state index contributed by atoms with van der Waals surface area (Å²) in [7, 11) is 1.55. The van der Waals surface area contributed by atoms with Crippen molar-refractivity contribution in [3.05, 3.63) is 100 Å². The van der Waals surface area contributed by atoms with E-state index < -0.39 is 0 Å². The topological polar surface area (TPSA) is 44.1 Å². The molecule has 4 aromatic rings. The number of hydrogen-bond acceptors (Lipinski definition) is 3. The van der Waals surface area contributed by atoms with Crippen molar-refractivity contribution in [2.75, 3.05) is 7.11 Å². The van der Waals surface area contributed by atoms with Crippen LogP contribution in [-0.2, 0) is 0 Å². The van der Waals surface area contributed by atoms with Crippen LogP contribution >= 0.6 is 0 Å². The predicted molar refractivity (Wildman–Crippen MR) is 109 cm³/mol. The van der Waals surface area contributed by atoms with Crippen molar-refractivity contribution < 1.29 is 9.13 Å². The molecular weight excluding hydrogens is 355 g/mol. The summed E-state index contributed by atoms with van der Waals surface area (Å²) in [6.45, 7) is 0. The summed E-state index contributed by atoms with van der Waals surface area (Å²) < 4.78 is 20.9. The van der Waals surface area contributed by atoms with E-state index in [-0.39, 0.29) is 11.4 Å². The molecule has 3 aromatic carbocycles. The van der Waals surface area contributed by atoms with Crippen LogP contribution in [-0.4, -0.2) is 16.7 Å². The monoisotopic (exact) mass is 372 g/mol. The molecule has 0 aliphatic heterocycles. The highest BCUT2D eigenvalue weighted by Gasteiger charge is 2.14. The summed E-state index contributed by atoms with van der Waals surface area (Å²) >= 11 is 0. The zero-order chi connectivity index (χ0) is 19.5. The van der Waals surface area contributed by atoms with Crippen molar-refractivity contribution in [1.29, 1.82) is 0 Å². The lowest BCUT2D eigenvalue weighted by Gasteiger charge is -2.14. The highest BCUT2D eigenvalue weighted by Crippen LogP contribution is 2.24. The number of benzene rings is 3. The third-order valence-electron chi connectivity index (χ3n) is 4.44. The quantitative estimate of drug-likeness (QED) is 0.521. The smallest absolute Gasteiger partial charge is 0.266 e. The maximum absolute atomic E-state index is 14.0. The standard InChI is InChI=1S/C23H17FN2O2/c1-28-21-13-7-6-12-20(21)26-22(15-14-16-8-2-4-10-18(16)24)25-19-11-5-3-9-17(19)23(26)27/h2-15H,1H3/b15-14+. The van der Waals surface area contributed by atoms with E-state index in [1.807, 2.05) is 18.2 Å². The van der Waals surface area contributed by atoms with E-state index >= 15 is 0 Å². The molecule has 0 saturated heterocycles. The molecule has 0 aliphatic rings. The molecular formula is C23H17FN2O2. The van der Waals surface area contributed by atoms with Gasteiger partial charge in [-0.25, -0.2) is 9.37 Å². The minimum Gasteiger partial charge on any atom is -0.495 e. The van der Waals surface area contributed by atoms with E-state index in [9.17, 15) is 9.18 Å². The molecule has 0 saturated carbocycles. The number of aromatic nitrogens is 2. The van der Waals surface area contributed by atoms with Crippen molar-refractivity contribution >= 4 is 23.1 Å². The largest absolute Gasteiger partial charge is 0.495 e. The number of ether oxygens (including phenoxy) is 1. The Morgan fingerprint density at radius 3 is 2.46 bits per heavy atom. The van der Waals surface area contributed by atoms with Gasteiger partial charge in [0.1, 0.15) is 17.4 Å². The zero-order valence-corrected chi connectivity index (χ0v) is 15.2. The maximum atomic E-state index is 14.0. The molecule has 4 nitrogen and oxygen atoms in total. The first-order chi connectivity index (χ1) is 13.7. The van der Waals surface area contributed by atoms with E-state index in [4.69, 9.17) is 4.74 Å². The number of halogens is 1. The van der Waals surface area contributed by atoms with Gasteiger partial charge in [0, 0.05) is 5.56 Å². The van der Waals surface area contributed by atoms with Gasteiger partial charge in [-0.05, 0) is 42.5 Å². The molecule has 0 N–H and O–H groups in total. The molecule has 1 aromatic heterocycles. The molecule has 28 heavy (non-hydrogen) atoms.